The van der Waals surface area contributed by atoms with Crippen molar-refractivity contribution in [3.8, 4) is 11.4 Å². The highest BCUT2D eigenvalue weighted by Gasteiger charge is 2.22. The second kappa shape index (κ2) is 5.21. The first kappa shape index (κ1) is 12.4. The summed E-state index contributed by atoms with van der Waals surface area (Å²) in [5.41, 5.74) is 2.20. The Kier molecular flexibility index (Phi) is 3.08. The zero-order chi connectivity index (χ0) is 14.1. The van der Waals surface area contributed by atoms with Gasteiger partial charge in [0.05, 0.1) is 24.4 Å². The van der Waals surface area contributed by atoms with Gasteiger partial charge in [-0.25, -0.2) is 0 Å². The Balaban J connectivity index is 1.70. The van der Waals surface area contributed by atoms with Gasteiger partial charge in [-0.1, -0.05) is 42.1 Å². The standard InChI is InChI=1S/C15H13N5S/c1-2-5-12(6-3-1)14-17-18-15-20(14)10-19(11-21-15)13-7-4-8-16-9-13/h1-9H,10-11H2. The first-order valence-electron chi connectivity index (χ1n) is 6.68. The molecule has 2 aromatic heterocycles. The molecule has 3 aromatic rings. The molecule has 0 radical (unpaired) electrons. The number of anilines is 1. The lowest BCUT2D eigenvalue weighted by Crippen LogP contribution is -2.30. The Morgan fingerprint density at radius 2 is 1.90 bits per heavy atom. The maximum atomic E-state index is 4.35. The van der Waals surface area contributed by atoms with Gasteiger partial charge in [0, 0.05) is 11.8 Å². The molecule has 0 N–H and O–H groups in total. The first-order valence-corrected chi connectivity index (χ1v) is 7.67. The summed E-state index contributed by atoms with van der Waals surface area (Å²) in [6.07, 6.45) is 3.68. The van der Waals surface area contributed by atoms with Crippen molar-refractivity contribution in [3.63, 3.8) is 0 Å². The van der Waals surface area contributed by atoms with Crippen LogP contribution in [0.4, 0.5) is 5.69 Å². The minimum atomic E-state index is 0.741. The van der Waals surface area contributed by atoms with E-state index in [0.29, 0.717) is 0 Å². The Morgan fingerprint density at radius 3 is 2.71 bits per heavy atom. The minimum Gasteiger partial charge on any atom is -0.342 e. The first-order chi connectivity index (χ1) is 10.4. The number of fused-ring (bicyclic) bond motifs is 1. The molecule has 1 aliphatic rings. The molecule has 1 aromatic carbocycles. The summed E-state index contributed by atoms with van der Waals surface area (Å²) in [7, 11) is 0. The Hall–Kier alpha value is -2.34. The second-order valence-corrected chi connectivity index (χ2v) is 5.68. The summed E-state index contributed by atoms with van der Waals surface area (Å²) >= 11 is 1.69. The van der Waals surface area contributed by atoms with Gasteiger partial charge in [0.25, 0.3) is 0 Å². The van der Waals surface area contributed by atoms with Crippen molar-refractivity contribution >= 4 is 17.4 Å². The van der Waals surface area contributed by atoms with Gasteiger partial charge < -0.3 is 4.90 Å². The molecule has 0 saturated carbocycles. The molecule has 0 atom stereocenters. The molecular formula is C15H13N5S. The van der Waals surface area contributed by atoms with E-state index in [2.05, 4.69) is 42.8 Å². The molecule has 5 nitrogen and oxygen atoms in total. The Labute approximate surface area is 126 Å². The molecule has 21 heavy (non-hydrogen) atoms. The van der Waals surface area contributed by atoms with E-state index in [-0.39, 0.29) is 0 Å². The zero-order valence-electron chi connectivity index (χ0n) is 11.3. The third-order valence-corrected chi connectivity index (χ3v) is 4.42. The smallest absolute Gasteiger partial charge is 0.194 e. The molecule has 0 fully saturated rings. The van der Waals surface area contributed by atoms with E-state index in [9.17, 15) is 0 Å². The molecule has 0 bridgehead atoms. The molecule has 104 valence electrons. The van der Waals surface area contributed by atoms with Gasteiger partial charge in [-0.2, -0.15) is 0 Å². The van der Waals surface area contributed by atoms with Crippen LogP contribution in [0.3, 0.4) is 0 Å². The maximum absolute atomic E-state index is 4.35. The predicted octanol–water partition coefficient (Wildman–Crippen LogP) is 2.87. The highest BCUT2D eigenvalue weighted by atomic mass is 32.2. The van der Waals surface area contributed by atoms with E-state index >= 15 is 0 Å². The van der Waals surface area contributed by atoms with Gasteiger partial charge in [0.15, 0.2) is 11.0 Å². The van der Waals surface area contributed by atoms with E-state index in [0.717, 1.165) is 34.8 Å². The molecule has 4 rings (SSSR count). The molecule has 3 heterocycles. The van der Waals surface area contributed by atoms with Crippen LogP contribution in [0, 0.1) is 0 Å². The monoisotopic (exact) mass is 295 g/mol. The molecule has 0 aliphatic carbocycles. The van der Waals surface area contributed by atoms with Crippen molar-refractivity contribution in [1.29, 1.82) is 0 Å². The molecule has 0 unspecified atom stereocenters. The fourth-order valence-corrected chi connectivity index (χ4v) is 3.27. The Morgan fingerprint density at radius 1 is 1.00 bits per heavy atom. The number of hydrogen-bond donors (Lipinski definition) is 0. The van der Waals surface area contributed by atoms with Crippen molar-refractivity contribution in [2.45, 2.75) is 11.8 Å². The highest BCUT2D eigenvalue weighted by molar-refractivity contribution is 7.99. The maximum Gasteiger partial charge on any atom is 0.194 e. The van der Waals surface area contributed by atoms with Crippen LogP contribution in [0.5, 0.6) is 0 Å². The topological polar surface area (TPSA) is 46.8 Å². The quantitative estimate of drug-likeness (QED) is 0.727. The van der Waals surface area contributed by atoms with Crippen molar-refractivity contribution in [1.82, 2.24) is 19.7 Å². The van der Waals surface area contributed by atoms with Crippen LogP contribution >= 0.6 is 11.8 Å². The van der Waals surface area contributed by atoms with Gasteiger partial charge in [0.1, 0.15) is 0 Å². The molecule has 1 aliphatic heterocycles. The summed E-state index contributed by atoms with van der Waals surface area (Å²) in [6, 6.07) is 14.2. The molecular weight excluding hydrogens is 282 g/mol. The summed E-state index contributed by atoms with van der Waals surface area (Å²) in [5, 5.41) is 9.61. The van der Waals surface area contributed by atoms with Crippen molar-refractivity contribution < 1.29 is 0 Å². The van der Waals surface area contributed by atoms with Gasteiger partial charge in [-0.15, -0.1) is 10.2 Å². The lowest BCUT2D eigenvalue weighted by atomic mass is 10.2. The molecule has 0 saturated heterocycles. The molecule has 6 heteroatoms. The number of benzene rings is 1. The lowest BCUT2D eigenvalue weighted by molar-refractivity contribution is 0.607. The molecule has 0 amide bonds. The van der Waals surface area contributed by atoms with Gasteiger partial charge >= 0.3 is 0 Å². The molecule has 0 spiro atoms. The number of rotatable bonds is 2. The fourth-order valence-electron chi connectivity index (χ4n) is 2.37. The third kappa shape index (κ3) is 2.27. The number of nitrogens with zero attached hydrogens (tertiary/aromatic N) is 5. The number of thioether (sulfide) groups is 1. The van der Waals surface area contributed by atoms with Crippen molar-refractivity contribution in [2.24, 2.45) is 0 Å². The number of hydrogen-bond acceptors (Lipinski definition) is 5. The van der Waals surface area contributed by atoms with Crippen LogP contribution in [-0.4, -0.2) is 25.6 Å². The lowest BCUT2D eigenvalue weighted by Gasteiger charge is -2.29. The average molecular weight is 295 g/mol. The zero-order valence-corrected chi connectivity index (χ0v) is 12.1. The summed E-state index contributed by atoms with van der Waals surface area (Å²) in [5.74, 6) is 1.77. The fraction of sp³-hybridized carbons (Fsp3) is 0.133. The van der Waals surface area contributed by atoms with Crippen LogP contribution in [0.2, 0.25) is 0 Å². The summed E-state index contributed by atoms with van der Waals surface area (Å²) in [6.45, 7) is 0.741. The normalized spacial score (nSPS) is 14.0. The second-order valence-electron chi connectivity index (χ2n) is 4.77. The van der Waals surface area contributed by atoms with Gasteiger partial charge in [0.2, 0.25) is 0 Å². The van der Waals surface area contributed by atoms with Crippen LogP contribution < -0.4 is 4.90 Å². The largest absolute Gasteiger partial charge is 0.342 e. The predicted molar refractivity (Wildman–Crippen MR) is 82.9 cm³/mol. The van der Waals surface area contributed by atoms with E-state index in [1.165, 1.54) is 0 Å². The highest BCUT2D eigenvalue weighted by Crippen LogP contribution is 2.31. The summed E-state index contributed by atoms with van der Waals surface area (Å²) in [4.78, 5) is 6.46. The minimum absolute atomic E-state index is 0.741. The van der Waals surface area contributed by atoms with Crippen LogP contribution in [-0.2, 0) is 6.67 Å². The van der Waals surface area contributed by atoms with E-state index in [1.54, 1.807) is 18.0 Å². The third-order valence-electron chi connectivity index (χ3n) is 3.42. The SMILES string of the molecule is c1ccc(-c2nnc3n2CN(c2cccnc2)CS3)cc1. The Bertz CT molecular complexity index is 741. The van der Waals surface area contributed by atoms with Crippen molar-refractivity contribution in [2.75, 3.05) is 10.8 Å². The van der Waals surface area contributed by atoms with Crippen molar-refractivity contribution in [3.05, 3.63) is 54.9 Å². The van der Waals surface area contributed by atoms with Crippen LogP contribution in [0.15, 0.2) is 60.0 Å². The van der Waals surface area contributed by atoms with Crippen LogP contribution in [0.1, 0.15) is 0 Å². The summed E-state index contributed by atoms with van der Waals surface area (Å²) < 4.78 is 2.15. The number of aromatic nitrogens is 4. The average Bonchev–Trinajstić information content (AvgIpc) is 2.99. The van der Waals surface area contributed by atoms with E-state index in [1.807, 2.05) is 30.5 Å². The van der Waals surface area contributed by atoms with Gasteiger partial charge in [-0.05, 0) is 12.1 Å². The van der Waals surface area contributed by atoms with Crippen LogP contribution in [0.25, 0.3) is 11.4 Å². The van der Waals surface area contributed by atoms with E-state index < -0.39 is 0 Å². The number of pyridine rings is 1. The van der Waals surface area contributed by atoms with Gasteiger partial charge in [-0.3, -0.25) is 9.55 Å². The van der Waals surface area contributed by atoms with E-state index in [4.69, 9.17) is 0 Å².